The molecule has 0 amide bonds. The van der Waals surface area contributed by atoms with Gasteiger partial charge in [0.25, 0.3) is 0 Å². The first kappa shape index (κ1) is 10.2. The lowest BCUT2D eigenvalue weighted by Crippen LogP contribution is -2.38. The molecule has 2 atom stereocenters. The summed E-state index contributed by atoms with van der Waals surface area (Å²) in [6.45, 7) is 3.22. The Labute approximate surface area is 86.5 Å². The third-order valence-electron chi connectivity index (χ3n) is 3.63. The largest absolute Gasteiger partial charge is 0.313 e. The molecule has 2 unspecified atom stereocenters. The van der Waals surface area contributed by atoms with Gasteiger partial charge >= 0.3 is 0 Å². The molecule has 1 aliphatic heterocycles. The van der Waals surface area contributed by atoms with Gasteiger partial charge in [-0.25, -0.2) is 0 Å². The van der Waals surface area contributed by atoms with E-state index in [1.807, 2.05) is 0 Å². The summed E-state index contributed by atoms with van der Waals surface area (Å²) >= 11 is 0. The Kier molecular flexibility index (Phi) is 3.22. The van der Waals surface area contributed by atoms with Crippen LogP contribution in [0.15, 0.2) is 0 Å². The first-order valence-corrected chi connectivity index (χ1v) is 6.06. The lowest BCUT2D eigenvalue weighted by atomic mass is 9.91. The summed E-state index contributed by atoms with van der Waals surface area (Å²) in [4.78, 5) is 11.9. The molecule has 1 N–H and O–H groups in total. The number of Topliss-reactive ketones (excluding diaryl/α,β-unsaturated/α-hetero) is 1. The first-order chi connectivity index (χ1) is 6.79. The molecule has 0 aromatic carbocycles. The number of carbonyl (C=O) groups is 1. The van der Waals surface area contributed by atoms with Gasteiger partial charge in [0.05, 0.1) is 0 Å². The number of hydrogen-bond donors (Lipinski definition) is 1. The fourth-order valence-electron chi connectivity index (χ4n) is 2.42. The fraction of sp³-hybridized carbons (Fsp3) is 0.917. The number of carbonyl (C=O) groups excluding carboxylic acids is 1. The number of ketones is 1. The molecule has 0 aromatic rings. The van der Waals surface area contributed by atoms with Gasteiger partial charge < -0.3 is 5.32 Å². The van der Waals surface area contributed by atoms with Crippen molar-refractivity contribution in [2.75, 3.05) is 6.54 Å². The molecular weight excluding hydrogens is 174 g/mol. The van der Waals surface area contributed by atoms with Crippen LogP contribution >= 0.6 is 0 Å². The summed E-state index contributed by atoms with van der Waals surface area (Å²) in [5.74, 6) is 1.19. The molecule has 1 saturated carbocycles. The van der Waals surface area contributed by atoms with E-state index in [1.165, 1.54) is 25.7 Å². The van der Waals surface area contributed by atoms with Crippen LogP contribution in [0.3, 0.4) is 0 Å². The van der Waals surface area contributed by atoms with E-state index in [0.29, 0.717) is 17.7 Å². The maximum atomic E-state index is 11.9. The highest BCUT2D eigenvalue weighted by Crippen LogP contribution is 2.33. The van der Waals surface area contributed by atoms with E-state index in [9.17, 15) is 4.79 Å². The third-order valence-corrected chi connectivity index (χ3v) is 3.63. The second kappa shape index (κ2) is 4.43. The second-order valence-corrected chi connectivity index (χ2v) is 4.88. The highest BCUT2D eigenvalue weighted by atomic mass is 16.1. The summed E-state index contributed by atoms with van der Waals surface area (Å²) in [6, 6.07) is 0.464. The molecule has 80 valence electrons. The van der Waals surface area contributed by atoms with Gasteiger partial charge in [0, 0.05) is 17.9 Å². The van der Waals surface area contributed by atoms with E-state index >= 15 is 0 Å². The summed E-state index contributed by atoms with van der Waals surface area (Å²) in [6.07, 6.45) is 7.39. The van der Waals surface area contributed by atoms with Gasteiger partial charge in [-0.1, -0.05) is 19.8 Å². The quantitative estimate of drug-likeness (QED) is 0.747. The molecule has 1 saturated heterocycles. The maximum absolute atomic E-state index is 11.9. The van der Waals surface area contributed by atoms with Crippen LogP contribution in [0, 0.1) is 11.8 Å². The predicted octanol–water partition coefficient (Wildman–Crippen LogP) is 2.13. The van der Waals surface area contributed by atoms with Crippen molar-refractivity contribution in [3.63, 3.8) is 0 Å². The Morgan fingerprint density at radius 2 is 2.00 bits per heavy atom. The van der Waals surface area contributed by atoms with Crippen LogP contribution in [0.1, 0.15) is 45.4 Å². The second-order valence-electron chi connectivity index (χ2n) is 4.88. The topological polar surface area (TPSA) is 29.1 Å². The Morgan fingerprint density at radius 3 is 2.71 bits per heavy atom. The molecular formula is C12H21NO. The van der Waals surface area contributed by atoms with Crippen molar-refractivity contribution in [2.45, 2.75) is 51.5 Å². The molecule has 0 spiro atoms. The van der Waals surface area contributed by atoms with Gasteiger partial charge in [-0.2, -0.15) is 0 Å². The van der Waals surface area contributed by atoms with Gasteiger partial charge in [0.1, 0.15) is 5.78 Å². The summed E-state index contributed by atoms with van der Waals surface area (Å²) < 4.78 is 0. The molecule has 14 heavy (non-hydrogen) atoms. The SMILES string of the molecule is CC(C(=O)C1CC1)C1CCCCCN1. The fourth-order valence-corrected chi connectivity index (χ4v) is 2.42. The Bertz CT molecular complexity index is 202. The van der Waals surface area contributed by atoms with Crippen LogP contribution in [0.4, 0.5) is 0 Å². The molecule has 2 nitrogen and oxygen atoms in total. The van der Waals surface area contributed by atoms with Crippen molar-refractivity contribution in [2.24, 2.45) is 11.8 Å². The maximum Gasteiger partial charge on any atom is 0.140 e. The van der Waals surface area contributed by atoms with E-state index in [-0.39, 0.29) is 5.92 Å². The average Bonchev–Trinajstić information content (AvgIpc) is 3.02. The molecule has 0 aromatic heterocycles. The van der Waals surface area contributed by atoms with Crippen molar-refractivity contribution in [1.29, 1.82) is 0 Å². The summed E-state index contributed by atoms with van der Waals surface area (Å²) in [5, 5.41) is 3.52. The zero-order valence-electron chi connectivity index (χ0n) is 9.09. The van der Waals surface area contributed by atoms with Crippen LogP contribution in [-0.4, -0.2) is 18.4 Å². The normalized spacial score (nSPS) is 30.8. The number of nitrogens with one attached hydrogen (secondary N) is 1. The minimum absolute atomic E-state index is 0.251. The third kappa shape index (κ3) is 2.35. The standard InChI is InChI=1S/C12H21NO/c1-9(12(14)10-6-7-10)11-5-3-2-4-8-13-11/h9-11,13H,2-8H2,1H3. The van der Waals surface area contributed by atoms with E-state index < -0.39 is 0 Å². The van der Waals surface area contributed by atoms with Gasteiger partial charge in [-0.15, -0.1) is 0 Å². The first-order valence-electron chi connectivity index (χ1n) is 6.06. The summed E-state index contributed by atoms with van der Waals surface area (Å²) in [5.41, 5.74) is 0. The summed E-state index contributed by atoms with van der Waals surface area (Å²) in [7, 11) is 0. The lowest BCUT2D eigenvalue weighted by molar-refractivity contribution is -0.124. The van der Waals surface area contributed by atoms with E-state index in [4.69, 9.17) is 0 Å². The Hall–Kier alpha value is -0.370. The molecule has 1 aliphatic carbocycles. The van der Waals surface area contributed by atoms with Gasteiger partial charge in [-0.3, -0.25) is 4.79 Å². The molecule has 1 heterocycles. The number of rotatable bonds is 3. The minimum atomic E-state index is 0.251. The highest BCUT2D eigenvalue weighted by molar-refractivity contribution is 5.85. The van der Waals surface area contributed by atoms with Crippen LogP contribution < -0.4 is 5.32 Å². The predicted molar refractivity (Wildman–Crippen MR) is 57.2 cm³/mol. The lowest BCUT2D eigenvalue weighted by Gasteiger charge is -2.22. The van der Waals surface area contributed by atoms with Crippen molar-refractivity contribution < 1.29 is 4.79 Å². The Morgan fingerprint density at radius 1 is 1.21 bits per heavy atom. The van der Waals surface area contributed by atoms with E-state index in [2.05, 4.69) is 12.2 Å². The van der Waals surface area contributed by atoms with Crippen LogP contribution in [0.2, 0.25) is 0 Å². The van der Waals surface area contributed by atoms with Crippen LogP contribution in [0.25, 0.3) is 0 Å². The molecule has 0 radical (unpaired) electrons. The van der Waals surface area contributed by atoms with E-state index in [1.54, 1.807) is 0 Å². The zero-order chi connectivity index (χ0) is 9.97. The highest BCUT2D eigenvalue weighted by Gasteiger charge is 2.35. The smallest absolute Gasteiger partial charge is 0.140 e. The van der Waals surface area contributed by atoms with Crippen molar-refractivity contribution in [3.05, 3.63) is 0 Å². The average molecular weight is 195 g/mol. The molecule has 2 rings (SSSR count). The molecule has 2 fully saturated rings. The van der Waals surface area contributed by atoms with E-state index in [0.717, 1.165) is 19.4 Å². The molecule has 0 bridgehead atoms. The Balaban J connectivity index is 1.87. The van der Waals surface area contributed by atoms with Crippen LogP contribution in [-0.2, 0) is 4.79 Å². The van der Waals surface area contributed by atoms with Crippen LogP contribution in [0.5, 0.6) is 0 Å². The number of hydrogen-bond acceptors (Lipinski definition) is 2. The van der Waals surface area contributed by atoms with Crippen molar-refractivity contribution in [3.8, 4) is 0 Å². The zero-order valence-corrected chi connectivity index (χ0v) is 9.09. The van der Waals surface area contributed by atoms with Crippen molar-refractivity contribution >= 4 is 5.78 Å². The minimum Gasteiger partial charge on any atom is -0.313 e. The molecule has 2 heteroatoms. The van der Waals surface area contributed by atoms with Gasteiger partial charge in [-0.05, 0) is 32.2 Å². The van der Waals surface area contributed by atoms with Crippen molar-refractivity contribution in [1.82, 2.24) is 5.32 Å². The molecule has 2 aliphatic rings. The van der Waals surface area contributed by atoms with Gasteiger partial charge in [0.15, 0.2) is 0 Å². The van der Waals surface area contributed by atoms with Gasteiger partial charge in [0.2, 0.25) is 0 Å². The monoisotopic (exact) mass is 195 g/mol.